The number of nitrogens with one attached hydrogen (secondary N) is 1. The van der Waals surface area contributed by atoms with Gasteiger partial charge in [0.1, 0.15) is 0 Å². The second-order valence-corrected chi connectivity index (χ2v) is 4.02. The fourth-order valence-corrected chi connectivity index (χ4v) is 1.71. The van der Waals surface area contributed by atoms with Gasteiger partial charge in [0.2, 0.25) is 0 Å². The van der Waals surface area contributed by atoms with E-state index in [0.717, 1.165) is 16.8 Å². The van der Waals surface area contributed by atoms with Gasteiger partial charge in [0.05, 0.1) is 22.3 Å². The maximum absolute atomic E-state index is 5.93. The lowest BCUT2D eigenvalue weighted by Gasteiger charge is -2.06. The largest absolute Gasteiger partial charge is 0.327 e. The summed E-state index contributed by atoms with van der Waals surface area (Å²) in [5, 5.41) is 1.06. The highest BCUT2D eigenvalue weighted by molar-refractivity contribution is 6.42. The van der Waals surface area contributed by atoms with Crippen LogP contribution >= 0.6 is 23.2 Å². The molecule has 5 heteroatoms. The number of hydroxylamine groups is 1. The maximum atomic E-state index is 5.93. The Morgan fingerprint density at radius 1 is 1.33 bits per heavy atom. The van der Waals surface area contributed by atoms with Crippen LogP contribution in [-0.2, 0) is 4.84 Å². The molecule has 0 spiro atoms. The summed E-state index contributed by atoms with van der Waals surface area (Å²) in [6, 6.07) is 5.41. The summed E-state index contributed by atoms with van der Waals surface area (Å²) in [7, 11) is 0. The summed E-state index contributed by atoms with van der Waals surface area (Å²) in [4.78, 5) is 5.10. The van der Waals surface area contributed by atoms with Crippen LogP contribution in [0.3, 0.4) is 0 Å². The Morgan fingerprint density at radius 3 is 2.80 bits per heavy atom. The number of rotatable bonds is 2. The van der Waals surface area contributed by atoms with Crippen LogP contribution in [0.15, 0.2) is 23.8 Å². The van der Waals surface area contributed by atoms with Crippen molar-refractivity contribution in [3.8, 4) is 0 Å². The van der Waals surface area contributed by atoms with Gasteiger partial charge < -0.3 is 5.73 Å². The maximum Gasteiger partial charge on any atom is 0.0993 e. The van der Waals surface area contributed by atoms with Crippen molar-refractivity contribution in [1.29, 1.82) is 0 Å². The van der Waals surface area contributed by atoms with Crippen molar-refractivity contribution >= 4 is 28.9 Å². The van der Waals surface area contributed by atoms with Gasteiger partial charge in [0.25, 0.3) is 0 Å². The fraction of sp³-hybridized carbons (Fsp3) is 0.200. The molecule has 1 aliphatic rings. The summed E-state index contributed by atoms with van der Waals surface area (Å²) in [6.45, 7) is 0.967. The number of hydrogen-bond donors (Lipinski definition) is 2. The van der Waals surface area contributed by atoms with Crippen LogP contribution in [0.25, 0.3) is 5.70 Å². The highest BCUT2D eigenvalue weighted by Crippen LogP contribution is 2.27. The first-order valence-electron chi connectivity index (χ1n) is 4.47. The number of nitrogens with two attached hydrogens (primary N) is 1. The molecule has 1 heterocycles. The van der Waals surface area contributed by atoms with E-state index in [1.54, 1.807) is 12.1 Å². The molecule has 0 saturated heterocycles. The highest BCUT2D eigenvalue weighted by atomic mass is 35.5. The topological polar surface area (TPSA) is 47.3 Å². The first-order chi connectivity index (χ1) is 7.22. The van der Waals surface area contributed by atoms with Gasteiger partial charge in [-0.05, 0) is 17.7 Å². The zero-order valence-corrected chi connectivity index (χ0v) is 9.40. The van der Waals surface area contributed by atoms with E-state index in [2.05, 4.69) is 5.48 Å². The zero-order chi connectivity index (χ0) is 10.8. The quantitative estimate of drug-likeness (QED) is 0.839. The Balaban J connectivity index is 2.41. The van der Waals surface area contributed by atoms with E-state index in [-0.39, 0.29) is 0 Å². The standard InChI is InChI=1S/C10H10Cl2N2O/c11-8-2-1-6(3-9(8)12)10-7(4-13)5-15-14-10/h1-3,14H,4-5,13H2. The van der Waals surface area contributed by atoms with Gasteiger partial charge >= 0.3 is 0 Å². The lowest BCUT2D eigenvalue weighted by Crippen LogP contribution is -2.06. The molecule has 15 heavy (non-hydrogen) atoms. The summed E-state index contributed by atoms with van der Waals surface area (Å²) < 4.78 is 0. The van der Waals surface area contributed by atoms with E-state index in [1.165, 1.54) is 0 Å². The average molecular weight is 245 g/mol. The number of benzene rings is 1. The minimum Gasteiger partial charge on any atom is -0.327 e. The normalized spacial score (nSPS) is 15.7. The predicted molar refractivity (Wildman–Crippen MR) is 61.5 cm³/mol. The van der Waals surface area contributed by atoms with Crippen LogP contribution in [0.4, 0.5) is 0 Å². The molecule has 80 valence electrons. The third kappa shape index (κ3) is 2.11. The minimum atomic E-state index is 0.461. The molecule has 3 nitrogen and oxygen atoms in total. The van der Waals surface area contributed by atoms with Gasteiger partial charge in [-0.3, -0.25) is 10.3 Å². The molecular formula is C10H10Cl2N2O. The van der Waals surface area contributed by atoms with Crippen molar-refractivity contribution in [1.82, 2.24) is 5.48 Å². The van der Waals surface area contributed by atoms with Crippen molar-refractivity contribution < 1.29 is 4.84 Å². The Labute approximate surface area is 97.8 Å². The van der Waals surface area contributed by atoms with Gasteiger partial charge in [-0.15, -0.1) is 0 Å². The Morgan fingerprint density at radius 2 is 2.13 bits per heavy atom. The third-order valence-electron chi connectivity index (χ3n) is 2.23. The molecule has 0 aliphatic carbocycles. The van der Waals surface area contributed by atoms with Crippen molar-refractivity contribution in [2.24, 2.45) is 5.73 Å². The summed E-state index contributed by atoms with van der Waals surface area (Å²) in [6.07, 6.45) is 0. The second kappa shape index (κ2) is 4.41. The van der Waals surface area contributed by atoms with Gasteiger partial charge in [-0.2, -0.15) is 0 Å². The monoisotopic (exact) mass is 244 g/mol. The molecule has 2 rings (SSSR count). The molecule has 1 aliphatic heterocycles. The molecule has 0 bridgehead atoms. The fourth-order valence-electron chi connectivity index (χ4n) is 1.42. The van der Waals surface area contributed by atoms with Crippen LogP contribution in [0.2, 0.25) is 10.0 Å². The van der Waals surface area contributed by atoms with Crippen molar-refractivity contribution in [3.63, 3.8) is 0 Å². The molecule has 3 N–H and O–H groups in total. The van der Waals surface area contributed by atoms with Crippen LogP contribution < -0.4 is 11.2 Å². The third-order valence-corrected chi connectivity index (χ3v) is 2.97. The van der Waals surface area contributed by atoms with Gasteiger partial charge in [0, 0.05) is 12.1 Å². The first kappa shape index (κ1) is 10.8. The van der Waals surface area contributed by atoms with E-state index in [4.69, 9.17) is 33.8 Å². The van der Waals surface area contributed by atoms with Crippen molar-refractivity contribution in [2.75, 3.05) is 13.2 Å². The molecular weight excluding hydrogens is 235 g/mol. The smallest absolute Gasteiger partial charge is 0.0993 e. The SMILES string of the molecule is NCC1=C(c2ccc(Cl)c(Cl)c2)NOC1. The summed E-state index contributed by atoms with van der Waals surface area (Å²) in [5.74, 6) is 0. The molecule has 1 aromatic carbocycles. The van der Waals surface area contributed by atoms with Crippen LogP contribution in [0.1, 0.15) is 5.56 Å². The van der Waals surface area contributed by atoms with E-state index in [1.807, 2.05) is 6.07 Å². The molecule has 0 amide bonds. The molecule has 0 saturated carbocycles. The average Bonchev–Trinajstić information content (AvgIpc) is 2.70. The second-order valence-electron chi connectivity index (χ2n) is 3.20. The van der Waals surface area contributed by atoms with E-state index < -0.39 is 0 Å². The van der Waals surface area contributed by atoms with Crippen LogP contribution in [-0.4, -0.2) is 13.2 Å². The first-order valence-corrected chi connectivity index (χ1v) is 5.23. The Bertz CT molecular complexity index is 418. The molecule has 0 fully saturated rings. The summed E-state index contributed by atoms with van der Waals surface area (Å²) in [5.41, 5.74) is 11.3. The number of halogens is 2. The molecule has 0 unspecified atom stereocenters. The molecule has 0 atom stereocenters. The predicted octanol–water partition coefficient (Wildman–Crippen LogP) is 2.20. The molecule has 0 radical (unpaired) electrons. The van der Waals surface area contributed by atoms with Crippen molar-refractivity contribution in [3.05, 3.63) is 39.4 Å². The van der Waals surface area contributed by atoms with Crippen LogP contribution in [0, 0.1) is 0 Å². The Hall–Kier alpha value is -0.740. The highest BCUT2D eigenvalue weighted by Gasteiger charge is 2.15. The van der Waals surface area contributed by atoms with Crippen LogP contribution in [0.5, 0.6) is 0 Å². The number of hydrogen-bond acceptors (Lipinski definition) is 3. The van der Waals surface area contributed by atoms with E-state index >= 15 is 0 Å². The van der Waals surface area contributed by atoms with E-state index in [9.17, 15) is 0 Å². The summed E-state index contributed by atoms with van der Waals surface area (Å²) >= 11 is 11.8. The zero-order valence-electron chi connectivity index (χ0n) is 7.89. The van der Waals surface area contributed by atoms with Gasteiger partial charge in [-0.25, -0.2) is 0 Å². The van der Waals surface area contributed by atoms with Gasteiger partial charge in [0.15, 0.2) is 0 Å². The molecule has 1 aromatic rings. The lowest BCUT2D eigenvalue weighted by atomic mass is 10.1. The lowest BCUT2D eigenvalue weighted by molar-refractivity contribution is 0.117. The molecule has 0 aromatic heterocycles. The minimum absolute atomic E-state index is 0.461. The van der Waals surface area contributed by atoms with Crippen molar-refractivity contribution in [2.45, 2.75) is 0 Å². The Kier molecular flexibility index (Phi) is 3.17. The van der Waals surface area contributed by atoms with E-state index in [0.29, 0.717) is 23.2 Å². The van der Waals surface area contributed by atoms with Gasteiger partial charge in [-0.1, -0.05) is 29.3 Å².